The number of anilines is 1. The molecule has 0 spiro atoms. The van der Waals surface area contributed by atoms with Gasteiger partial charge in [0.15, 0.2) is 0 Å². The van der Waals surface area contributed by atoms with Crippen molar-refractivity contribution < 1.29 is 4.74 Å². The molecule has 2 fully saturated rings. The maximum Gasteiger partial charge on any atom is 0.0771 e. The summed E-state index contributed by atoms with van der Waals surface area (Å²) in [5.41, 5.74) is 1.14. The van der Waals surface area contributed by atoms with Crippen LogP contribution in [0, 0.1) is 0 Å². The van der Waals surface area contributed by atoms with Crippen molar-refractivity contribution in [2.45, 2.75) is 57.3 Å². The quantitative estimate of drug-likeness (QED) is 0.914. The van der Waals surface area contributed by atoms with Gasteiger partial charge in [0.1, 0.15) is 0 Å². The second-order valence-electron chi connectivity index (χ2n) is 6.28. The summed E-state index contributed by atoms with van der Waals surface area (Å²) in [7, 11) is 2.21. The predicted octanol–water partition coefficient (Wildman–Crippen LogP) is 1.96. The Morgan fingerprint density at radius 1 is 1.45 bits per heavy atom. The molecule has 2 aliphatic heterocycles. The maximum atomic E-state index is 5.66. The van der Waals surface area contributed by atoms with E-state index in [4.69, 9.17) is 4.74 Å². The second-order valence-corrected chi connectivity index (χ2v) is 6.28. The minimum Gasteiger partial charge on any atom is -0.380 e. The van der Waals surface area contributed by atoms with Gasteiger partial charge in [-0.2, -0.15) is 5.10 Å². The third-order valence-corrected chi connectivity index (χ3v) is 4.63. The Morgan fingerprint density at radius 2 is 2.35 bits per heavy atom. The first-order valence-electron chi connectivity index (χ1n) is 7.81. The lowest BCUT2D eigenvalue weighted by Gasteiger charge is -2.35. The molecule has 0 aliphatic carbocycles. The van der Waals surface area contributed by atoms with Crippen molar-refractivity contribution >= 4 is 5.69 Å². The van der Waals surface area contributed by atoms with Crippen LogP contribution in [0.1, 0.15) is 32.6 Å². The molecule has 0 amide bonds. The number of nitrogens with zero attached hydrogens (tertiary/aromatic N) is 3. The van der Waals surface area contributed by atoms with E-state index in [-0.39, 0.29) is 0 Å². The molecule has 3 atom stereocenters. The van der Waals surface area contributed by atoms with Crippen molar-refractivity contribution in [1.29, 1.82) is 0 Å². The third-order valence-electron chi connectivity index (χ3n) is 4.63. The standard InChI is InChI=1S/C15H26N4O/c1-12-8-13(5-6-18(12)2)17-14-9-16-19(10-14)11-15-4-3-7-20-15/h9-10,12-13,15,17H,3-8,11H2,1-2H3. The highest BCUT2D eigenvalue weighted by Gasteiger charge is 2.23. The molecule has 112 valence electrons. The number of aromatic nitrogens is 2. The molecule has 0 aromatic carbocycles. The van der Waals surface area contributed by atoms with Gasteiger partial charge in [-0.3, -0.25) is 4.68 Å². The van der Waals surface area contributed by atoms with E-state index in [2.05, 4.69) is 35.5 Å². The average molecular weight is 278 g/mol. The Bertz CT molecular complexity index is 427. The number of hydrogen-bond acceptors (Lipinski definition) is 4. The fraction of sp³-hybridized carbons (Fsp3) is 0.800. The van der Waals surface area contributed by atoms with Crippen molar-refractivity contribution in [2.75, 3.05) is 25.5 Å². The lowest BCUT2D eigenvalue weighted by molar-refractivity contribution is 0.0940. The van der Waals surface area contributed by atoms with Crippen molar-refractivity contribution in [3.63, 3.8) is 0 Å². The van der Waals surface area contributed by atoms with Gasteiger partial charge in [-0.15, -0.1) is 0 Å². The van der Waals surface area contributed by atoms with Gasteiger partial charge in [-0.25, -0.2) is 0 Å². The lowest BCUT2D eigenvalue weighted by atomic mass is 9.99. The Hall–Kier alpha value is -1.07. The van der Waals surface area contributed by atoms with Gasteiger partial charge < -0.3 is 15.0 Å². The molecule has 2 aliphatic rings. The van der Waals surface area contributed by atoms with Gasteiger partial charge in [0.05, 0.1) is 24.5 Å². The van der Waals surface area contributed by atoms with E-state index in [0.717, 1.165) is 25.3 Å². The SMILES string of the molecule is CC1CC(Nc2cnn(CC3CCCO3)c2)CCN1C. The summed E-state index contributed by atoms with van der Waals surface area (Å²) in [5.74, 6) is 0. The van der Waals surface area contributed by atoms with Gasteiger partial charge in [0.25, 0.3) is 0 Å². The zero-order chi connectivity index (χ0) is 13.9. The molecule has 0 radical (unpaired) electrons. The molecule has 1 N–H and O–H groups in total. The number of piperidine rings is 1. The Labute approximate surface area is 121 Å². The zero-order valence-corrected chi connectivity index (χ0v) is 12.6. The first kappa shape index (κ1) is 13.9. The number of rotatable bonds is 4. The van der Waals surface area contributed by atoms with Crippen LogP contribution in [-0.2, 0) is 11.3 Å². The van der Waals surface area contributed by atoms with Crippen LogP contribution < -0.4 is 5.32 Å². The molecule has 1 aromatic rings. The van der Waals surface area contributed by atoms with Gasteiger partial charge >= 0.3 is 0 Å². The van der Waals surface area contributed by atoms with E-state index in [1.165, 1.54) is 25.8 Å². The first-order chi connectivity index (χ1) is 9.70. The molecule has 3 unspecified atom stereocenters. The normalized spacial score (nSPS) is 31.6. The van der Waals surface area contributed by atoms with E-state index in [9.17, 15) is 0 Å². The monoisotopic (exact) mass is 278 g/mol. The summed E-state index contributed by atoms with van der Waals surface area (Å²) in [5, 5.41) is 8.07. The molecule has 20 heavy (non-hydrogen) atoms. The second kappa shape index (κ2) is 6.14. The fourth-order valence-corrected chi connectivity index (χ4v) is 3.19. The van der Waals surface area contributed by atoms with Crippen LogP contribution >= 0.6 is 0 Å². The predicted molar refractivity (Wildman–Crippen MR) is 79.9 cm³/mol. The summed E-state index contributed by atoms with van der Waals surface area (Å²) in [6.45, 7) is 5.26. The van der Waals surface area contributed by atoms with Crippen LogP contribution in [0.3, 0.4) is 0 Å². The highest BCUT2D eigenvalue weighted by atomic mass is 16.5. The number of likely N-dealkylation sites (tertiary alicyclic amines) is 1. The summed E-state index contributed by atoms with van der Waals surface area (Å²) >= 11 is 0. The molecular weight excluding hydrogens is 252 g/mol. The zero-order valence-electron chi connectivity index (χ0n) is 12.6. The average Bonchev–Trinajstić information content (AvgIpc) is 3.07. The molecular formula is C15H26N4O. The molecule has 3 heterocycles. The number of ether oxygens (including phenoxy) is 1. The molecule has 2 saturated heterocycles. The van der Waals surface area contributed by atoms with Crippen molar-refractivity contribution in [2.24, 2.45) is 0 Å². The van der Waals surface area contributed by atoms with Gasteiger partial charge in [-0.1, -0.05) is 0 Å². The van der Waals surface area contributed by atoms with Crippen LogP contribution in [0.5, 0.6) is 0 Å². The maximum absolute atomic E-state index is 5.66. The van der Waals surface area contributed by atoms with Crippen LogP contribution in [0.4, 0.5) is 5.69 Å². The summed E-state index contributed by atoms with van der Waals surface area (Å²) in [6.07, 6.45) is 9.17. The van der Waals surface area contributed by atoms with Crippen molar-refractivity contribution in [3.8, 4) is 0 Å². The van der Waals surface area contributed by atoms with E-state index in [1.807, 2.05) is 10.9 Å². The van der Waals surface area contributed by atoms with Gasteiger partial charge in [0, 0.05) is 31.4 Å². The van der Waals surface area contributed by atoms with Gasteiger partial charge in [0.2, 0.25) is 0 Å². The summed E-state index contributed by atoms with van der Waals surface area (Å²) in [4.78, 5) is 2.43. The molecule has 5 heteroatoms. The topological polar surface area (TPSA) is 42.3 Å². The number of hydrogen-bond donors (Lipinski definition) is 1. The van der Waals surface area contributed by atoms with Crippen LogP contribution in [0.2, 0.25) is 0 Å². The van der Waals surface area contributed by atoms with Crippen LogP contribution in [-0.4, -0.2) is 53.1 Å². The van der Waals surface area contributed by atoms with E-state index < -0.39 is 0 Å². The molecule has 1 aromatic heterocycles. The Morgan fingerprint density at radius 3 is 3.10 bits per heavy atom. The van der Waals surface area contributed by atoms with Crippen LogP contribution in [0.25, 0.3) is 0 Å². The van der Waals surface area contributed by atoms with Crippen molar-refractivity contribution in [3.05, 3.63) is 12.4 Å². The van der Waals surface area contributed by atoms with E-state index in [0.29, 0.717) is 18.2 Å². The van der Waals surface area contributed by atoms with E-state index in [1.54, 1.807) is 0 Å². The third kappa shape index (κ3) is 3.33. The molecule has 5 nitrogen and oxygen atoms in total. The fourth-order valence-electron chi connectivity index (χ4n) is 3.19. The lowest BCUT2D eigenvalue weighted by Crippen LogP contribution is -2.42. The largest absolute Gasteiger partial charge is 0.380 e. The highest BCUT2D eigenvalue weighted by Crippen LogP contribution is 2.20. The van der Waals surface area contributed by atoms with Gasteiger partial charge in [-0.05, 0) is 39.7 Å². The summed E-state index contributed by atoms with van der Waals surface area (Å²) < 4.78 is 7.67. The Kier molecular flexibility index (Phi) is 4.27. The Balaban J connectivity index is 1.51. The van der Waals surface area contributed by atoms with E-state index >= 15 is 0 Å². The molecule has 0 saturated carbocycles. The smallest absolute Gasteiger partial charge is 0.0771 e. The highest BCUT2D eigenvalue weighted by molar-refractivity contribution is 5.39. The molecule has 0 bridgehead atoms. The minimum absolute atomic E-state index is 0.353. The molecule has 3 rings (SSSR count). The van der Waals surface area contributed by atoms with Crippen LogP contribution in [0.15, 0.2) is 12.4 Å². The van der Waals surface area contributed by atoms with Crippen molar-refractivity contribution in [1.82, 2.24) is 14.7 Å². The number of nitrogens with one attached hydrogen (secondary N) is 1. The minimum atomic E-state index is 0.353. The summed E-state index contributed by atoms with van der Waals surface area (Å²) in [6, 6.07) is 1.23. The first-order valence-corrected chi connectivity index (χ1v) is 7.81.